The summed E-state index contributed by atoms with van der Waals surface area (Å²) in [6.07, 6.45) is 9.79. The highest BCUT2D eigenvalue weighted by molar-refractivity contribution is 5.99. The topological polar surface area (TPSA) is 29.1 Å². The monoisotopic (exact) mass is 157 g/mol. The minimum atomic E-state index is 0. The van der Waals surface area contributed by atoms with Crippen LogP contribution in [-0.4, -0.2) is 5.78 Å². The van der Waals surface area contributed by atoms with Crippen molar-refractivity contribution >= 4 is 18.2 Å². The summed E-state index contributed by atoms with van der Waals surface area (Å²) < 4.78 is 0. The van der Waals surface area contributed by atoms with Crippen LogP contribution in [0.15, 0.2) is 36.7 Å². The highest BCUT2D eigenvalue weighted by atomic mass is 35.5. The molecule has 1 rings (SSSR count). The van der Waals surface area contributed by atoms with Gasteiger partial charge in [-0.25, -0.2) is 0 Å². The third-order valence-corrected chi connectivity index (χ3v) is 0.908. The van der Waals surface area contributed by atoms with Crippen molar-refractivity contribution in [1.29, 1.82) is 0 Å². The lowest BCUT2D eigenvalue weighted by atomic mass is 10.3. The van der Waals surface area contributed by atoms with Crippen LogP contribution in [0.25, 0.3) is 0 Å². The lowest BCUT2D eigenvalue weighted by molar-refractivity contribution is -0.110. The molecule has 0 bridgehead atoms. The average Bonchev–Trinajstić information content (AvgIpc) is 1.79. The molecule has 0 aromatic rings. The maximum Gasteiger partial charge on any atom is 0.180 e. The molecular formula is C7H8ClNO. The van der Waals surface area contributed by atoms with Crippen LogP contribution in [0.5, 0.6) is 0 Å². The molecule has 0 saturated carbocycles. The second-order valence-corrected chi connectivity index (χ2v) is 1.62. The Kier molecular flexibility index (Phi) is 4.33. The van der Waals surface area contributed by atoms with Gasteiger partial charge in [-0.3, -0.25) is 4.79 Å². The predicted octanol–water partition coefficient (Wildman–Crippen LogP) is 1.16. The number of allylic oxidation sites excluding steroid dienone is 4. The standard InChI is InChI=1S/C7H7NO.ClH/c9-7-3-1-2-5-8-6-4-7;/h1-6,8H;1H. The molecule has 54 valence electrons. The smallest absolute Gasteiger partial charge is 0.180 e. The molecule has 0 spiro atoms. The van der Waals surface area contributed by atoms with Crippen molar-refractivity contribution in [3.63, 3.8) is 0 Å². The number of carbonyl (C=O) groups excluding carboxylic acids is 1. The number of hydrogen-bond acceptors (Lipinski definition) is 2. The van der Waals surface area contributed by atoms with Crippen LogP contribution in [0.4, 0.5) is 0 Å². The van der Waals surface area contributed by atoms with Crippen LogP contribution >= 0.6 is 12.4 Å². The average molecular weight is 158 g/mol. The van der Waals surface area contributed by atoms with E-state index < -0.39 is 0 Å². The van der Waals surface area contributed by atoms with Crippen molar-refractivity contribution in [2.45, 2.75) is 0 Å². The first-order chi connectivity index (χ1) is 4.39. The van der Waals surface area contributed by atoms with Crippen molar-refractivity contribution < 1.29 is 4.79 Å². The van der Waals surface area contributed by atoms with Gasteiger partial charge in [0.1, 0.15) is 0 Å². The van der Waals surface area contributed by atoms with Crippen molar-refractivity contribution in [3.05, 3.63) is 36.7 Å². The second kappa shape index (κ2) is 4.82. The van der Waals surface area contributed by atoms with Gasteiger partial charge in [0.2, 0.25) is 0 Å². The Labute approximate surface area is 65.7 Å². The fraction of sp³-hybridized carbons (Fsp3) is 0. The number of ketones is 1. The second-order valence-electron chi connectivity index (χ2n) is 1.62. The molecule has 1 N–H and O–H groups in total. The molecule has 0 unspecified atom stereocenters. The molecule has 10 heavy (non-hydrogen) atoms. The van der Waals surface area contributed by atoms with Gasteiger partial charge in [-0.2, -0.15) is 0 Å². The SMILES string of the molecule is Cl.O=C1C=CC=CNC=C1. The summed E-state index contributed by atoms with van der Waals surface area (Å²) in [6, 6.07) is 0. The first-order valence-electron chi connectivity index (χ1n) is 2.69. The van der Waals surface area contributed by atoms with Gasteiger partial charge >= 0.3 is 0 Å². The highest BCUT2D eigenvalue weighted by Gasteiger charge is 1.85. The zero-order valence-electron chi connectivity index (χ0n) is 5.28. The fourth-order valence-electron chi connectivity index (χ4n) is 0.503. The molecule has 1 heterocycles. The molecule has 0 aliphatic carbocycles. The van der Waals surface area contributed by atoms with Crippen molar-refractivity contribution in [1.82, 2.24) is 5.32 Å². The fourth-order valence-corrected chi connectivity index (χ4v) is 0.503. The molecule has 2 nitrogen and oxygen atoms in total. The van der Waals surface area contributed by atoms with Gasteiger partial charge in [-0.1, -0.05) is 6.08 Å². The van der Waals surface area contributed by atoms with Crippen LogP contribution in [0, 0.1) is 0 Å². The van der Waals surface area contributed by atoms with Gasteiger partial charge in [0.25, 0.3) is 0 Å². The molecule has 0 amide bonds. The van der Waals surface area contributed by atoms with Crippen LogP contribution < -0.4 is 5.32 Å². The molecule has 0 radical (unpaired) electrons. The number of hydrogen-bond donors (Lipinski definition) is 1. The van der Waals surface area contributed by atoms with Crippen LogP contribution in [0.3, 0.4) is 0 Å². The van der Waals surface area contributed by atoms with E-state index in [2.05, 4.69) is 5.32 Å². The lowest BCUT2D eigenvalue weighted by Crippen LogP contribution is -1.96. The Morgan fingerprint density at radius 1 is 1.10 bits per heavy atom. The maximum absolute atomic E-state index is 10.6. The molecule has 0 fully saturated rings. The molecule has 1 aliphatic rings. The van der Waals surface area contributed by atoms with E-state index in [0.29, 0.717) is 0 Å². The quantitative estimate of drug-likeness (QED) is 0.572. The van der Waals surface area contributed by atoms with E-state index in [4.69, 9.17) is 0 Å². The number of carbonyl (C=O) groups is 1. The van der Waals surface area contributed by atoms with Gasteiger partial charge in [0.05, 0.1) is 0 Å². The number of halogens is 1. The molecule has 1 aliphatic heterocycles. The van der Waals surface area contributed by atoms with Gasteiger partial charge < -0.3 is 5.32 Å². The minimum absolute atomic E-state index is 0. The number of nitrogens with one attached hydrogen (secondary N) is 1. The van der Waals surface area contributed by atoms with Crippen molar-refractivity contribution in [2.75, 3.05) is 0 Å². The molecular weight excluding hydrogens is 150 g/mol. The van der Waals surface area contributed by atoms with Gasteiger partial charge in [0.15, 0.2) is 5.78 Å². The van der Waals surface area contributed by atoms with Gasteiger partial charge in [-0.15, -0.1) is 12.4 Å². The van der Waals surface area contributed by atoms with Gasteiger partial charge in [0, 0.05) is 18.5 Å². The van der Waals surface area contributed by atoms with E-state index in [1.54, 1.807) is 24.6 Å². The third-order valence-electron chi connectivity index (χ3n) is 0.908. The molecule has 3 heteroatoms. The van der Waals surface area contributed by atoms with E-state index in [-0.39, 0.29) is 18.2 Å². The van der Waals surface area contributed by atoms with Crippen LogP contribution in [0.1, 0.15) is 0 Å². The molecule has 0 aromatic heterocycles. The zero-order chi connectivity index (χ0) is 6.53. The summed E-state index contributed by atoms with van der Waals surface area (Å²) in [7, 11) is 0. The predicted molar refractivity (Wildman–Crippen MR) is 42.8 cm³/mol. The lowest BCUT2D eigenvalue weighted by Gasteiger charge is -1.89. The Hall–Kier alpha value is -1.02. The summed E-state index contributed by atoms with van der Waals surface area (Å²) in [5.41, 5.74) is 0. The normalized spacial score (nSPS) is 15.0. The third kappa shape index (κ3) is 3.10. The summed E-state index contributed by atoms with van der Waals surface area (Å²) in [4.78, 5) is 10.6. The first-order valence-corrected chi connectivity index (χ1v) is 2.69. The van der Waals surface area contributed by atoms with Crippen molar-refractivity contribution in [2.24, 2.45) is 0 Å². The minimum Gasteiger partial charge on any atom is -0.367 e. The van der Waals surface area contributed by atoms with Gasteiger partial charge in [-0.05, 0) is 12.2 Å². The molecule has 0 atom stereocenters. The summed E-state index contributed by atoms with van der Waals surface area (Å²) >= 11 is 0. The molecule has 0 aromatic carbocycles. The zero-order valence-corrected chi connectivity index (χ0v) is 6.10. The Morgan fingerprint density at radius 3 is 2.70 bits per heavy atom. The maximum atomic E-state index is 10.6. The Morgan fingerprint density at radius 2 is 1.90 bits per heavy atom. The number of rotatable bonds is 0. The Balaban J connectivity index is 0.000000810. The summed E-state index contributed by atoms with van der Waals surface area (Å²) in [5, 5.41) is 2.78. The van der Waals surface area contributed by atoms with E-state index in [1.807, 2.05) is 0 Å². The summed E-state index contributed by atoms with van der Waals surface area (Å²) in [6.45, 7) is 0. The van der Waals surface area contributed by atoms with Crippen molar-refractivity contribution in [3.8, 4) is 0 Å². The van der Waals surface area contributed by atoms with Crippen LogP contribution in [-0.2, 0) is 4.79 Å². The summed E-state index contributed by atoms with van der Waals surface area (Å²) in [5.74, 6) is 0.00634. The van der Waals surface area contributed by atoms with E-state index in [1.165, 1.54) is 12.2 Å². The van der Waals surface area contributed by atoms with E-state index in [0.717, 1.165) is 0 Å². The van der Waals surface area contributed by atoms with Crippen LogP contribution in [0.2, 0.25) is 0 Å². The van der Waals surface area contributed by atoms with E-state index >= 15 is 0 Å². The highest BCUT2D eigenvalue weighted by Crippen LogP contribution is 1.84. The Bertz CT molecular complexity index is 194. The first kappa shape index (κ1) is 8.98. The largest absolute Gasteiger partial charge is 0.367 e. The van der Waals surface area contributed by atoms with E-state index in [9.17, 15) is 4.79 Å². The molecule has 0 saturated heterocycles.